The summed E-state index contributed by atoms with van der Waals surface area (Å²) in [7, 11) is -4.79. The number of aromatic nitrogens is 3. The maximum atomic E-state index is 10.1. The first kappa shape index (κ1) is 9.41. The van der Waals surface area contributed by atoms with E-state index >= 15 is 0 Å². The first-order valence-corrected chi connectivity index (χ1v) is 4.04. The summed E-state index contributed by atoms with van der Waals surface area (Å²) in [5, 5.41) is 17.2. The molecule has 0 amide bonds. The molecule has 0 aliphatic rings. The molecule has 0 aliphatic heterocycles. The average molecular weight is 209 g/mol. The lowest BCUT2D eigenvalue weighted by atomic mass is 10.9. The molecule has 1 aromatic rings. The summed E-state index contributed by atoms with van der Waals surface area (Å²) in [5.41, 5.74) is 0. The summed E-state index contributed by atoms with van der Waals surface area (Å²) in [6, 6.07) is -2.81. The van der Waals surface area contributed by atoms with Gasteiger partial charge < -0.3 is 14.4 Å². The zero-order valence-corrected chi connectivity index (χ0v) is 6.63. The first-order chi connectivity index (χ1) is 5.87. The summed E-state index contributed by atoms with van der Waals surface area (Å²) in [6.07, 6.45) is 0. The molecule has 0 atom stereocenters. The van der Waals surface area contributed by atoms with E-state index in [-0.39, 0.29) is 0 Å². The molecule has 72 valence electrons. The van der Waals surface area contributed by atoms with Gasteiger partial charge >= 0.3 is 28.4 Å². The Balaban J connectivity index is 3.03. The van der Waals surface area contributed by atoms with Crippen LogP contribution >= 0.6 is 0 Å². The minimum atomic E-state index is -4.79. The normalized spacial score (nSPS) is 11.2. The van der Waals surface area contributed by atoms with Crippen LogP contribution in [-0.4, -0.2) is 38.1 Å². The molecular formula is C3H3N3O6S. The van der Waals surface area contributed by atoms with Crippen LogP contribution in [0.3, 0.4) is 0 Å². The van der Waals surface area contributed by atoms with Gasteiger partial charge in [0.25, 0.3) is 0 Å². The van der Waals surface area contributed by atoms with Gasteiger partial charge in [-0.1, -0.05) is 0 Å². The van der Waals surface area contributed by atoms with Crippen molar-refractivity contribution < 1.29 is 27.4 Å². The highest BCUT2D eigenvalue weighted by atomic mass is 32.3. The molecule has 0 spiro atoms. The maximum Gasteiger partial charge on any atom is 0.449 e. The highest BCUT2D eigenvalue weighted by Crippen LogP contribution is 2.12. The lowest BCUT2D eigenvalue weighted by Gasteiger charge is -1.98. The molecule has 0 bridgehead atoms. The Bertz CT molecular complexity index is 395. The number of hydrogen-bond donors (Lipinski definition) is 3. The summed E-state index contributed by atoms with van der Waals surface area (Å²) in [6.45, 7) is 0. The van der Waals surface area contributed by atoms with Crippen molar-refractivity contribution in [2.45, 2.75) is 0 Å². The molecule has 9 nitrogen and oxygen atoms in total. The highest BCUT2D eigenvalue weighted by molar-refractivity contribution is 7.81. The fourth-order valence-electron chi connectivity index (χ4n) is 0.467. The standard InChI is InChI=1S/C3H3N3O6S/c7-1-4-2(8)6-3(5-1)12-13(9,10)11/h(H,9,10,11)(H2,4,5,6,7,8). The molecule has 0 saturated heterocycles. The van der Waals surface area contributed by atoms with Crippen LogP contribution in [0.15, 0.2) is 0 Å². The predicted molar refractivity (Wildman–Crippen MR) is 35.3 cm³/mol. The molecule has 0 saturated carbocycles. The SMILES string of the molecule is O=S(=O)(O)Oc1nc(O)nc(O)n1. The molecule has 13 heavy (non-hydrogen) atoms. The van der Waals surface area contributed by atoms with Gasteiger partial charge in [0.1, 0.15) is 0 Å². The van der Waals surface area contributed by atoms with Crippen LogP contribution in [-0.2, 0) is 10.4 Å². The Morgan fingerprint density at radius 1 is 1.08 bits per heavy atom. The highest BCUT2D eigenvalue weighted by Gasteiger charge is 2.12. The molecule has 0 unspecified atom stereocenters. The zero-order chi connectivity index (χ0) is 10.1. The van der Waals surface area contributed by atoms with Gasteiger partial charge in [-0.3, -0.25) is 4.55 Å². The van der Waals surface area contributed by atoms with E-state index in [0.717, 1.165) is 0 Å². The third-order valence-corrected chi connectivity index (χ3v) is 1.13. The fourth-order valence-corrected chi connectivity index (χ4v) is 0.730. The van der Waals surface area contributed by atoms with Crippen LogP contribution in [0.2, 0.25) is 0 Å². The number of hydrogen-bond acceptors (Lipinski definition) is 8. The van der Waals surface area contributed by atoms with Gasteiger partial charge in [-0.2, -0.15) is 8.42 Å². The van der Waals surface area contributed by atoms with Crippen molar-refractivity contribution in [1.29, 1.82) is 0 Å². The van der Waals surface area contributed by atoms with Crippen molar-refractivity contribution in [2.75, 3.05) is 0 Å². The van der Waals surface area contributed by atoms with Gasteiger partial charge in [0.15, 0.2) is 0 Å². The predicted octanol–water partition coefficient (Wildman–Crippen LogP) is -1.54. The van der Waals surface area contributed by atoms with Crippen LogP contribution in [0.4, 0.5) is 0 Å². The van der Waals surface area contributed by atoms with Crippen LogP contribution < -0.4 is 4.18 Å². The van der Waals surface area contributed by atoms with Crippen molar-refractivity contribution >= 4 is 10.4 Å². The summed E-state index contributed by atoms with van der Waals surface area (Å²) in [4.78, 5) is 8.76. The van der Waals surface area contributed by atoms with Crippen molar-refractivity contribution in [1.82, 2.24) is 15.0 Å². The van der Waals surface area contributed by atoms with Gasteiger partial charge in [-0.25, -0.2) is 0 Å². The summed E-state index contributed by atoms with van der Waals surface area (Å²) >= 11 is 0. The van der Waals surface area contributed by atoms with E-state index in [1.54, 1.807) is 0 Å². The van der Waals surface area contributed by atoms with E-state index in [1.165, 1.54) is 0 Å². The summed E-state index contributed by atoms with van der Waals surface area (Å²) < 4.78 is 32.0. The van der Waals surface area contributed by atoms with Crippen molar-refractivity contribution in [3.05, 3.63) is 0 Å². The van der Waals surface area contributed by atoms with Gasteiger partial charge in [-0.15, -0.1) is 15.0 Å². The minimum Gasteiger partial charge on any atom is -0.479 e. The molecule has 3 N–H and O–H groups in total. The largest absolute Gasteiger partial charge is 0.479 e. The van der Waals surface area contributed by atoms with Crippen LogP contribution in [0.5, 0.6) is 18.0 Å². The maximum absolute atomic E-state index is 10.1. The van der Waals surface area contributed by atoms with Crippen molar-refractivity contribution in [3.63, 3.8) is 0 Å². The lowest BCUT2D eigenvalue weighted by Crippen LogP contribution is -2.09. The Kier molecular flexibility index (Phi) is 2.16. The Labute approximate surface area is 71.6 Å². The molecular weight excluding hydrogens is 206 g/mol. The van der Waals surface area contributed by atoms with E-state index in [2.05, 4.69) is 19.1 Å². The van der Waals surface area contributed by atoms with E-state index in [0.29, 0.717) is 0 Å². The van der Waals surface area contributed by atoms with E-state index < -0.39 is 28.4 Å². The number of nitrogens with zero attached hydrogens (tertiary/aromatic N) is 3. The fraction of sp³-hybridized carbons (Fsp3) is 0. The third-order valence-electron chi connectivity index (χ3n) is 0.771. The second kappa shape index (κ2) is 2.99. The Morgan fingerprint density at radius 3 is 1.92 bits per heavy atom. The van der Waals surface area contributed by atoms with Crippen LogP contribution in [0.25, 0.3) is 0 Å². The molecule has 0 fully saturated rings. The van der Waals surface area contributed by atoms with E-state index in [9.17, 15) is 8.42 Å². The quantitative estimate of drug-likeness (QED) is 0.493. The second-order valence-corrected chi connectivity index (χ2v) is 2.75. The van der Waals surface area contributed by atoms with Gasteiger partial charge in [0.2, 0.25) is 0 Å². The van der Waals surface area contributed by atoms with Crippen molar-refractivity contribution in [2.24, 2.45) is 0 Å². The van der Waals surface area contributed by atoms with E-state index in [4.69, 9.17) is 14.8 Å². The molecule has 0 aromatic carbocycles. The lowest BCUT2D eigenvalue weighted by molar-refractivity contribution is 0.343. The van der Waals surface area contributed by atoms with Gasteiger partial charge in [-0.05, 0) is 0 Å². The van der Waals surface area contributed by atoms with E-state index in [1.807, 2.05) is 0 Å². The number of aromatic hydroxyl groups is 2. The zero-order valence-electron chi connectivity index (χ0n) is 5.82. The van der Waals surface area contributed by atoms with Crippen LogP contribution in [0, 0.1) is 0 Å². The minimum absolute atomic E-state index is 0.937. The molecule has 10 heteroatoms. The Hall–Kier alpha value is -1.68. The first-order valence-electron chi connectivity index (χ1n) is 2.68. The van der Waals surface area contributed by atoms with Gasteiger partial charge in [0, 0.05) is 0 Å². The average Bonchev–Trinajstić information content (AvgIpc) is 1.78. The second-order valence-electron chi connectivity index (χ2n) is 1.73. The smallest absolute Gasteiger partial charge is 0.449 e. The molecule has 1 aromatic heterocycles. The topological polar surface area (TPSA) is 143 Å². The third kappa shape index (κ3) is 3.04. The van der Waals surface area contributed by atoms with Crippen LogP contribution in [0.1, 0.15) is 0 Å². The van der Waals surface area contributed by atoms with Gasteiger partial charge in [0.05, 0.1) is 0 Å². The molecule has 0 radical (unpaired) electrons. The molecule has 0 aliphatic carbocycles. The number of rotatable bonds is 2. The summed E-state index contributed by atoms with van der Waals surface area (Å²) in [5.74, 6) is 0. The molecule has 1 rings (SSSR count). The Morgan fingerprint density at radius 2 is 1.54 bits per heavy atom. The van der Waals surface area contributed by atoms with Crippen molar-refractivity contribution in [3.8, 4) is 18.0 Å². The molecule has 1 heterocycles. The monoisotopic (exact) mass is 209 g/mol.